The zero-order chi connectivity index (χ0) is 15.3. The largest absolute Gasteiger partial charge is 0.394 e. The highest BCUT2D eigenvalue weighted by molar-refractivity contribution is 4.99. The number of hydrogen-bond acceptors (Lipinski definition) is 3. The minimum Gasteiger partial charge on any atom is -0.394 e. The maximum atomic E-state index is 9.96. The summed E-state index contributed by atoms with van der Waals surface area (Å²) in [4.78, 5) is 2.67. The van der Waals surface area contributed by atoms with Crippen molar-refractivity contribution >= 4 is 0 Å². The van der Waals surface area contributed by atoms with E-state index in [-0.39, 0.29) is 5.54 Å². The van der Waals surface area contributed by atoms with Crippen molar-refractivity contribution in [2.75, 3.05) is 32.8 Å². The fourth-order valence-electron chi connectivity index (χ4n) is 4.75. The highest BCUT2D eigenvalue weighted by Gasteiger charge is 2.41. The molecule has 1 saturated heterocycles. The molecule has 1 aliphatic heterocycles. The average molecular weight is 296 g/mol. The third-order valence-electron chi connectivity index (χ3n) is 5.70. The molecule has 1 saturated carbocycles. The van der Waals surface area contributed by atoms with Gasteiger partial charge in [0.15, 0.2) is 0 Å². The number of aliphatic hydroxyl groups is 1. The summed E-state index contributed by atoms with van der Waals surface area (Å²) in [5.41, 5.74) is 0.0169. The van der Waals surface area contributed by atoms with Gasteiger partial charge in [-0.15, -0.1) is 0 Å². The normalized spacial score (nSPS) is 38.0. The van der Waals surface area contributed by atoms with Crippen LogP contribution in [0, 0.1) is 17.8 Å². The Bertz CT molecular complexity index is 300. The van der Waals surface area contributed by atoms with Crippen LogP contribution in [0.2, 0.25) is 0 Å². The summed E-state index contributed by atoms with van der Waals surface area (Å²) >= 11 is 0. The first kappa shape index (κ1) is 17.2. The van der Waals surface area contributed by atoms with Crippen LogP contribution in [0.15, 0.2) is 0 Å². The quantitative estimate of drug-likeness (QED) is 0.758. The van der Waals surface area contributed by atoms with Crippen LogP contribution in [-0.2, 0) is 0 Å². The molecule has 2 N–H and O–H groups in total. The van der Waals surface area contributed by atoms with E-state index >= 15 is 0 Å². The summed E-state index contributed by atoms with van der Waals surface area (Å²) in [6, 6.07) is 0. The Labute approximate surface area is 131 Å². The van der Waals surface area contributed by atoms with Gasteiger partial charge in [-0.3, -0.25) is 0 Å². The van der Waals surface area contributed by atoms with Crippen molar-refractivity contribution in [1.29, 1.82) is 0 Å². The zero-order valence-corrected chi connectivity index (χ0v) is 14.4. The van der Waals surface area contributed by atoms with E-state index in [1.54, 1.807) is 0 Å². The molecule has 1 aliphatic carbocycles. The summed E-state index contributed by atoms with van der Waals surface area (Å²) in [6.45, 7) is 12.1. The molecular weight excluding hydrogens is 260 g/mol. The highest BCUT2D eigenvalue weighted by atomic mass is 16.3. The Balaban J connectivity index is 1.85. The molecule has 0 bridgehead atoms. The maximum absolute atomic E-state index is 9.96. The number of aliphatic hydroxyl groups excluding tert-OH is 1. The molecule has 2 aliphatic rings. The van der Waals surface area contributed by atoms with E-state index in [9.17, 15) is 5.11 Å². The second kappa shape index (κ2) is 7.94. The fraction of sp³-hybridized carbons (Fsp3) is 1.00. The first-order chi connectivity index (χ1) is 10.1. The standard InChI is InChI=1S/C18H36N2O/c1-4-9-19-18(14-21)8-5-6-17(18)7-10-20-12-15(2)11-16(3)13-20/h15-17,19,21H,4-14H2,1-3H3. The molecule has 0 aromatic rings. The zero-order valence-electron chi connectivity index (χ0n) is 14.4. The molecule has 0 aromatic heterocycles. The summed E-state index contributed by atoms with van der Waals surface area (Å²) in [5.74, 6) is 2.35. The van der Waals surface area contributed by atoms with Crippen LogP contribution in [-0.4, -0.2) is 48.3 Å². The Morgan fingerprint density at radius 1 is 1.24 bits per heavy atom. The Morgan fingerprint density at radius 3 is 2.57 bits per heavy atom. The average Bonchev–Trinajstić information content (AvgIpc) is 2.85. The van der Waals surface area contributed by atoms with Crippen molar-refractivity contribution in [2.45, 2.75) is 64.8 Å². The lowest BCUT2D eigenvalue weighted by molar-refractivity contribution is 0.0945. The van der Waals surface area contributed by atoms with Crippen molar-refractivity contribution < 1.29 is 5.11 Å². The van der Waals surface area contributed by atoms with E-state index < -0.39 is 0 Å². The molecule has 4 atom stereocenters. The van der Waals surface area contributed by atoms with Crippen molar-refractivity contribution in [3.05, 3.63) is 0 Å². The second-order valence-corrected chi connectivity index (χ2v) is 7.82. The van der Waals surface area contributed by atoms with Crippen LogP contribution in [0.3, 0.4) is 0 Å². The number of hydrogen-bond donors (Lipinski definition) is 2. The topological polar surface area (TPSA) is 35.5 Å². The molecular formula is C18H36N2O. The maximum Gasteiger partial charge on any atom is 0.0616 e. The lowest BCUT2D eigenvalue weighted by atomic mass is 9.84. The van der Waals surface area contributed by atoms with Gasteiger partial charge in [-0.1, -0.05) is 27.2 Å². The molecule has 0 radical (unpaired) electrons. The molecule has 1 heterocycles. The third-order valence-corrected chi connectivity index (χ3v) is 5.70. The van der Waals surface area contributed by atoms with Gasteiger partial charge in [-0.05, 0) is 62.9 Å². The van der Waals surface area contributed by atoms with E-state index in [0.29, 0.717) is 12.5 Å². The fourth-order valence-corrected chi connectivity index (χ4v) is 4.75. The molecule has 21 heavy (non-hydrogen) atoms. The number of piperidine rings is 1. The molecule has 0 amide bonds. The van der Waals surface area contributed by atoms with E-state index in [0.717, 1.165) is 31.2 Å². The SMILES string of the molecule is CCCNC1(CO)CCCC1CCN1CC(C)CC(C)C1. The molecule has 124 valence electrons. The van der Waals surface area contributed by atoms with Gasteiger partial charge in [0.2, 0.25) is 0 Å². The summed E-state index contributed by atoms with van der Waals surface area (Å²) < 4.78 is 0. The van der Waals surface area contributed by atoms with Gasteiger partial charge in [0, 0.05) is 18.6 Å². The summed E-state index contributed by atoms with van der Waals surface area (Å²) in [7, 11) is 0. The van der Waals surface area contributed by atoms with Gasteiger partial charge in [0.1, 0.15) is 0 Å². The number of rotatable bonds is 7. The van der Waals surface area contributed by atoms with E-state index in [4.69, 9.17) is 0 Å². The number of nitrogens with one attached hydrogen (secondary N) is 1. The molecule has 2 fully saturated rings. The van der Waals surface area contributed by atoms with Crippen molar-refractivity contribution in [3.8, 4) is 0 Å². The van der Waals surface area contributed by atoms with Crippen molar-refractivity contribution in [3.63, 3.8) is 0 Å². The van der Waals surface area contributed by atoms with Gasteiger partial charge in [0.25, 0.3) is 0 Å². The number of nitrogens with zero attached hydrogens (tertiary/aromatic N) is 1. The Hall–Kier alpha value is -0.120. The monoisotopic (exact) mass is 296 g/mol. The van der Waals surface area contributed by atoms with E-state index in [2.05, 4.69) is 31.0 Å². The van der Waals surface area contributed by atoms with E-state index in [1.807, 2.05) is 0 Å². The van der Waals surface area contributed by atoms with Crippen LogP contribution in [0.1, 0.15) is 59.3 Å². The smallest absolute Gasteiger partial charge is 0.0616 e. The first-order valence-corrected chi connectivity index (χ1v) is 9.18. The lowest BCUT2D eigenvalue weighted by Gasteiger charge is -2.39. The summed E-state index contributed by atoms with van der Waals surface area (Å²) in [6.07, 6.45) is 7.50. The predicted molar refractivity (Wildman–Crippen MR) is 89.5 cm³/mol. The molecule has 0 aromatic carbocycles. The van der Waals surface area contributed by atoms with Gasteiger partial charge in [-0.2, -0.15) is 0 Å². The minimum absolute atomic E-state index is 0.0169. The molecule has 2 rings (SSSR count). The minimum atomic E-state index is 0.0169. The number of likely N-dealkylation sites (tertiary alicyclic amines) is 1. The molecule has 4 unspecified atom stereocenters. The second-order valence-electron chi connectivity index (χ2n) is 7.82. The van der Waals surface area contributed by atoms with Crippen LogP contribution < -0.4 is 5.32 Å². The highest BCUT2D eigenvalue weighted by Crippen LogP contribution is 2.38. The Kier molecular flexibility index (Phi) is 6.51. The summed E-state index contributed by atoms with van der Waals surface area (Å²) in [5, 5.41) is 13.6. The molecule has 3 heteroatoms. The van der Waals surface area contributed by atoms with Gasteiger partial charge >= 0.3 is 0 Å². The van der Waals surface area contributed by atoms with Gasteiger partial charge in [-0.25, -0.2) is 0 Å². The van der Waals surface area contributed by atoms with E-state index in [1.165, 1.54) is 45.3 Å². The Morgan fingerprint density at radius 2 is 1.95 bits per heavy atom. The molecule has 0 spiro atoms. The van der Waals surface area contributed by atoms with Crippen LogP contribution >= 0.6 is 0 Å². The lowest BCUT2D eigenvalue weighted by Crippen LogP contribution is -2.52. The third kappa shape index (κ3) is 4.43. The van der Waals surface area contributed by atoms with Crippen LogP contribution in [0.25, 0.3) is 0 Å². The van der Waals surface area contributed by atoms with Gasteiger partial charge in [0.05, 0.1) is 6.61 Å². The first-order valence-electron chi connectivity index (χ1n) is 9.18. The predicted octanol–water partition coefficient (Wildman–Crippen LogP) is 2.89. The van der Waals surface area contributed by atoms with Crippen molar-refractivity contribution in [2.24, 2.45) is 17.8 Å². The van der Waals surface area contributed by atoms with Crippen molar-refractivity contribution in [1.82, 2.24) is 10.2 Å². The van der Waals surface area contributed by atoms with Gasteiger partial charge < -0.3 is 15.3 Å². The van der Waals surface area contributed by atoms with Crippen LogP contribution in [0.5, 0.6) is 0 Å². The van der Waals surface area contributed by atoms with Crippen LogP contribution in [0.4, 0.5) is 0 Å². The molecule has 3 nitrogen and oxygen atoms in total.